The zero-order valence-electron chi connectivity index (χ0n) is 10.3. The first-order valence-corrected chi connectivity index (χ1v) is 7.30. The van der Waals surface area contributed by atoms with E-state index in [1.807, 2.05) is 36.4 Å². The Morgan fingerprint density at radius 1 is 0.895 bits per heavy atom. The van der Waals surface area contributed by atoms with E-state index in [4.69, 9.17) is 0 Å². The third-order valence-corrected chi connectivity index (χ3v) is 4.38. The molecule has 19 heavy (non-hydrogen) atoms. The van der Waals surface area contributed by atoms with Crippen LogP contribution >= 0.6 is 0 Å². The van der Waals surface area contributed by atoms with Crippen molar-refractivity contribution in [1.82, 2.24) is 0 Å². The van der Waals surface area contributed by atoms with Crippen LogP contribution in [0.15, 0.2) is 53.4 Å². The van der Waals surface area contributed by atoms with Crippen LogP contribution in [0.5, 0.6) is 0 Å². The molecule has 0 bridgehead atoms. The van der Waals surface area contributed by atoms with Gasteiger partial charge in [-0.15, -0.1) is 0 Å². The summed E-state index contributed by atoms with van der Waals surface area (Å²) in [5.74, 6) is 0. The monoisotopic (exact) mass is 264 g/mol. The summed E-state index contributed by atoms with van der Waals surface area (Å²) in [7, 11) is -4.18. The van der Waals surface area contributed by atoms with Gasteiger partial charge in [-0.05, 0) is 0 Å². The molecule has 0 aromatic heterocycles. The van der Waals surface area contributed by atoms with Gasteiger partial charge in [-0.3, -0.25) is 0 Å². The van der Waals surface area contributed by atoms with E-state index in [0.717, 1.165) is 21.5 Å². The Balaban J connectivity index is 2.46. The molecule has 0 saturated carbocycles. The predicted octanol–water partition coefficient (Wildman–Crippen LogP) is 2.03. The molecular weight excluding hydrogens is 255 g/mol. The zero-order chi connectivity index (χ0) is 13.6. The van der Waals surface area contributed by atoms with Gasteiger partial charge in [-0.25, -0.2) is 0 Å². The molecule has 0 amide bonds. The van der Waals surface area contributed by atoms with E-state index in [0.29, 0.717) is 4.24 Å². The van der Waals surface area contributed by atoms with Crippen molar-refractivity contribution < 1.29 is 13.0 Å². The van der Waals surface area contributed by atoms with Crippen LogP contribution in [0, 0.1) is 0 Å². The van der Waals surface area contributed by atoms with Gasteiger partial charge in [-0.2, -0.15) is 0 Å². The van der Waals surface area contributed by atoms with E-state index >= 15 is 0 Å². The molecule has 3 nitrogen and oxygen atoms in total. The topological polar surface area (TPSA) is 54.4 Å². The summed E-state index contributed by atoms with van der Waals surface area (Å²) in [5, 5.41) is 3.96. The molecule has 0 saturated heterocycles. The Kier molecular flexibility index (Phi) is 2.92. The molecule has 0 radical (unpaired) electrons. The summed E-state index contributed by atoms with van der Waals surface area (Å²) in [6.07, 6.45) is 0. The van der Waals surface area contributed by atoms with Crippen molar-refractivity contribution in [3.8, 4) is 0 Å². The summed E-state index contributed by atoms with van der Waals surface area (Å²) in [4.78, 5) is -0.0321. The van der Waals surface area contributed by atoms with Crippen LogP contribution in [0.4, 0.5) is 0 Å². The maximum atomic E-state index is 11.3. The Hall–Kier alpha value is -1.31. The second-order valence-electron chi connectivity index (χ2n) is 4.58. The van der Waals surface area contributed by atoms with Gasteiger partial charge >= 0.3 is 120 Å². The first kappa shape index (κ1) is 12.7. The van der Waals surface area contributed by atoms with Gasteiger partial charge in [0.2, 0.25) is 0 Å². The van der Waals surface area contributed by atoms with Crippen LogP contribution in [0.25, 0.3) is 21.5 Å². The van der Waals surface area contributed by atoms with Crippen molar-refractivity contribution >= 4 is 53.6 Å². The molecule has 0 heterocycles. The Bertz CT molecular complexity index is 901. The molecule has 0 aliphatic carbocycles. The minimum atomic E-state index is -4.18. The molecule has 0 unspecified atom stereocenters. The average Bonchev–Trinajstić information content (AvgIpc) is 2.36. The fraction of sp³-hybridized carbons (Fsp3) is 0. The Labute approximate surface area is 120 Å². The van der Waals surface area contributed by atoms with Crippen molar-refractivity contribution in [2.45, 2.75) is 4.90 Å². The van der Waals surface area contributed by atoms with Gasteiger partial charge in [0, 0.05) is 0 Å². The van der Waals surface area contributed by atoms with Crippen LogP contribution in [0.3, 0.4) is 0 Å². The standard InChI is InChI=1S/C14H9O3S.Li/c15-18(16,17)14-6-5-12-7-10-3-1-2-4-11(10)8-13(12)9-14;/h1-8H,(H,15,16,17);. The summed E-state index contributed by atoms with van der Waals surface area (Å²) in [6.45, 7) is 0. The van der Waals surface area contributed by atoms with Crippen molar-refractivity contribution in [1.29, 1.82) is 0 Å². The molecule has 0 spiro atoms. The first-order valence-electron chi connectivity index (χ1n) is 5.86. The van der Waals surface area contributed by atoms with Gasteiger partial charge in [0.05, 0.1) is 0 Å². The molecule has 3 aromatic rings. The molecule has 3 rings (SSSR count). The molecule has 1 N–H and O–H groups in total. The van der Waals surface area contributed by atoms with E-state index in [1.165, 1.54) is 6.07 Å². The van der Waals surface area contributed by atoms with Crippen molar-refractivity contribution in [3.63, 3.8) is 0 Å². The molecule has 3 aromatic carbocycles. The quantitative estimate of drug-likeness (QED) is 0.415. The summed E-state index contributed by atoms with van der Waals surface area (Å²) < 4.78 is 32.4. The van der Waals surface area contributed by atoms with E-state index in [2.05, 4.69) is 0 Å². The molecule has 90 valence electrons. The van der Waals surface area contributed by atoms with Crippen LogP contribution in [-0.4, -0.2) is 30.7 Å². The van der Waals surface area contributed by atoms with Crippen molar-refractivity contribution in [2.24, 2.45) is 0 Å². The summed E-state index contributed by atoms with van der Waals surface area (Å²) in [6, 6.07) is 15.0. The van der Waals surface area contributed by atoms with Gasteiger partial charge < -0.3 is 0 Å². The van der Waals surface area contributed by atoms with Crippen LogP contribution < -0.4 is 4.24 Å². The van der Waals surface area contributed by atoms with Crippen LogP contribution in [0.1, 0.15) is 0 Å². The van der Waals surface area contributed by atoms with Crippen molar-refractivity contribution in [2.75, 3.05) is 0 Å². The van der Waals surface area contributed by atoms with E-state index in [1.54, 1.807) is 23.8 Å². The fourth-order valence-electron chi connectivity index (χ4n) is 2.42. The zero-order valence-corrected chi connectivity index (χ0v) is 11.1. The summed E-state index contributed by atoms with van der Waals surface area (Å²) >= 11 is 1.71. The molecule has 0 atom stereocenters. The number of fused-ring (bicyclic) bond motifs is 2. The Morgan fingerprint density at radius 2 is 1.53 bits per heavy atom. The SMILES string of the molecule is [Li][c]1c(S(=O)(=O)O)ccc2cc3ccccc3cc12. The van der Waals surface area contributed by atoms with Gasteiger partial charge in [0.15, 0.2) is 0 Å². The molecule has 0 aliphatic rings. The maximum absolute atomic E-state index is 11.3. The van der Waals surface area contributed by atoms with E-state index in [-0.39, 0.29) is 4.90 Å². The third-order valence-electron chi connectivity index (χ3n) is 3.38. The van der Waals surface area contributed by atoms with Crippen molar-refractivity contribution in [3.05, 3.63) is 48.5 Å². The minimum absolute atomic E-state index is 0.0321. The predicted molar refractivity (Wildman–Crippen MR) is 76.7 cm³/mol. The van der Waals surface area contributed by atoms with Gasteiger partial charge in [0.1, 0.15) is 0 Å². The second-order valence-corrected chi connectivity index (χ2v) is 5.97. The first-order chi connectivity index (χ1) is 8.97. The fourth-order valence-corrected chi connectivity index (χ4v) is 3.16. The van der Waals surface area contributed by atoms with Crippen LogP contribution in [-0.2, 0) is 10.1 Å². The molecule has 0 aliphatic heterocycles. The van der Waals surface area contributed by atoms with E-state index < -0.39 is 10.1 Å². The number of rotatable bonds is 1. The third kappa shape index (κ3) is 2.17. The van der Waals surface area contributed by atoms with Gasteiger partial charge in [0.25, 0.3) is 0 Å². The second kappa shape index (κ2) is 4.36. The number of benzene rings is 3. The normalized spacial score (nSPS) is 12.2. The molecule has 5 heteroatoms. The summed E-state index contributed by atoms with van der Waals surface area (Å²) in [5.41, 5.74) is 0. The molecular formula is C14H9LiO3S. The Morgan fingerprint density at radius 3 is 2.16 bits per heavy atom. The molecule has 0 fully saturated rings. The number of hydrogen-bond acceptors (Lipinski definition) is 2. The van der Waals surface area contributed by atoms with E-state index in [9.17, 15) is 13.0 Å². The number of hydrogen-bond donors (Lipinski definition) is 1. The van der Waals surface area contributed by atoms with Crippen LogP contribution in [0.2, 0.25) is 0 Å². The average molecular weight is 264 g/mol. The van der Waals surface area contributed by atoms with Gasteiger partial charge in [-0.1, -0.05) is 0 Å².